The Morgan fingerprint density at radius 3 is 2.15 bits per heavy atom. The minimum atomic E-state index is 0. The van der Waals surface area contributed by atoms with Crippen molar-refractivity contribution >= 4 is 50.6 Å². The highest BCUT2D eigenvalue weighted by Gasteiger charge is 2.16. The summed E-state index contributed by atoms with van der Waals surface area (Å²) >= 11 is 0. The SMILES string of the molecule is Br.Br.O.O.c1ccc(-c2cc(N3CCCCC3)c3ccccc3n2)nc1. The molecule has 0 saturated carbocycles. The molecule has 142 valence electrons. The van der Waals surface area contributed by atoms with Gasteiger partial charge in [-0.1, -0.05) is 24.3 Å². The van der Waals surface area contributed by atoms with E-state index in [4.69, 9.17) is 4.98 Å². The minimum Gasteiger partial charge on any atom is -0.412 e. The summed E-state index contributed by atoms with van der Waals surface area (Å²) < 4.78 is 0. The molecule has 1 fully saturated rings. The number of para-hydroxylation sites is 1. The molecule has 0 atom stereocenters. The fourth-order valence-electron chi connectivity index (χ4n) is 3.20. The molecule has 1 aromatic carbocycles. The Labute approximate surface area is 174 Å². The van der Waals surface area contributed by atoms with E-state index in [-0.39, 0.29) is 44.9 Å². The molecule has 2 aromatic heterocycles. The predicted octanol–water partition coefficient (Wildman–Crippen LogP) is 3.79. The van der Waals surface area contributed by atoms with Crippen molar-refractivity contribution in [3.8, 4) is 11.4 Å². The number of halogens is 2. The molecule has 26 heavy (non-hydrogen) atoms. The average molecular weight is 487 g/mol. The first kappa shape index (κ1) is 24.5. The monoisotopic (exact) mass is 485 g/mol. The largest absolute Gasteiger partial charge is 0.412 e. The molecule has 1 aliphatic heterocycles. The second-order valence-electron chi connectivity index (χ2n) is 5.81. The van der Waals surface area contributed by atoms with Crippen molar-refractivity contribution in [2.75, 3.05) is 18.0 Å². The van der Waals surface area contributed by atoms with Gasteiger partial charge in [0.15, 0.2) is 0 Å². The van der Waals surface area contributed by atoms with E-state index in [0.717, 1.165) is 30.0 Å². The Hall–Kier alpha value is -1.54. The molecule has 5 nitrogen and oxygen atoms in total. The number of hydrogen-bond acceptors (Lipinski definition) is 3. The van der Waals surface area contributed by atoms with Gasteiger partial charge in [0.05, 0.1) is 16.9 Å². The topological polar surface area (TPSA) is 92.0 Å². The second-order valence-corrected chi connectivity index (χ2v) is 5.81. The van der Waals surface area contributed by atoms with E-state index in [1.807, 2.05) is 24.4 Å². The zero-order valence-electron chi connectivity index (χ0n) is 14.4. The number of rotatable bonds is 2. The van der Waals surface area contributed by atoms with Crippen molar-refractivity contribution in [1.29, 1.82) is 0 Å². The number of aromatic nitrogens is 2. The molecule has 0 bridgehead atoms. The lowest BCUT2D eigenvalue weighted by molar-refractivity contribution is 0.579. The Bertz CT molecular complexity index is 797. The van der Waals surface area contributed by atoms with Crippen LogP contribution in [0.4, 0.5) is 5.69 Å². The van der Waals surface area contributed by atoms with Crippen LogP contribution in [0.2, 0.25) is 0 Å². The van der Waals surface area contributed by atoms with Crippen LogP contribution >= 0.6 is 34.0 Å². The van der Waals surface area contributed by atoms with E-state index >= 15 is 0 Å². The van der Waals surface area contributed by atoms with Crippen molar-refractivity contribution in [2.24, 2.45) is 0 Å². The van der Waals surface area contributed by atoms with Gasteiger partial charge < -0.3 is 15.9 Å². The molecule has 0 aliphatic carbocycles. The van der Waals surface area contributed by atoms with Gasteiger partial charge in [0.1, 0.15) is 0 Å². The van der Waals surface area contributed by atoms with Crippen LogP contribution in [0.3, 0.4) is 0 Å². The maximum Gasteiger partial charge on any atom is 0.0914 e. The summed E-state index contributed by atoms with van der Waals surface area (Å²) in [5.74, 6) is 0. The fourth-order valence-corrected chi connectivity index (χ4v) is 3.20. The molecular weight excluding hydrogens is 462 g/mol. The first-order valence-electron chi connectivity index (χ1n) is 7.98. The van der Waals surface area contributed by atoms with Crippen molar-refractivity contribution < 1.29 is 11.0 Å². The Balaban J connectivity index is 0.00000156. The van der Waals surface area contributed by atoms with Crippen LogP contribution in [0.25, 0.3) is 22.3 Å². The standard InChI is InChI=1S/C19H19N3.2BrH.2H2O/c1-6-12-22(13-7-1)19-14-18(17-10-4-5-11-20-17)21-16-9-3-2-8-15(16)19;;;;/h2-5,8-11,14H,1,6-7,12-13H2;2*1H;2*1H2. The number of anilines is 1. The van der Waals surface area contributed by atoms with E-state index in [2.05, 4.69) is 40.2 Å². The van der Waals surface area contributed by atoms with Gasteiger partial charge in [-0.2, -0.15) is 0 Å². The van der Waals surface area contributed by atoms with Gasteiger partial charge in [0.25, 0.3) is 0 Å². The molecule has 1 saturated heterocycles. The number of nitrogens with zero attached hydrogens (tertiary/aromatic N) is 3. The van der Waals surface area contributed by atoms with Crippen molar-refractivity contribution in [2.45, 2.75) is 19.3 Å². The van der Waals surface area contributed by atoms with Crippen LogP contribution in [-0.2, 0) is 0 Å². The summed E-state index contributed by atoms with van der Waals surface area (Å²) in [6, 6.07) is 16.6. The number of fused-ring (bicyclic) bond motifs is 1. The third-order valence-electron chi connectivity index (χ3n) is 4.32. The molecule has 0 radical (unpaired) electrons. The van der Waals surface area contributed by atoms with Crippen molar-refractivity contribution in [1.82, 2.24) is 9.97 Å². The lowest BCUT2D eigenvalue weighted by Crippen LogP contribution is -2.29. The predicted molar refractivity (Wildman–Crippen MR) is 119 cm³/mol. The number of hydrogen-bond donors (Lipinski definition) is 0. The van der Waals surface area contributed by atoms with Gasteiger partial charge in [0.2, 0.25) is 0 Å². The Morgan fingerprint density at radius 1 is 0.769 bits per heavy atom. The number of pyridine rings is 2. The maximum absolute atomic E-state index is 4.81. The molecule has 0 unspecified atom stereocenters. The van der Waals surface area contributed by atoms with E-state index in [1.54, 1.807) is 0 Å². The Kier molecular flexibility index (Phi) is 10.6. The van der Waals surface area contributed by atoms with Crippen LogP contribution in [0.15, 0.2) is 54.7 Å². The number of piperidine rings is 1. The van der Waals surface area contributed by atoms with Crippen LogP contribution < -0.4 is 4.90 Å². The smallest absolute Gasteiger partial charge is 0.0914 e. The van der Waals surface area contributed by atoms with Crippen LogP contribution in [0.1, 0.15) is 19.3 Å². The highest BCUT2D eigenvalue weighted by Crippen LogP contribution is 2.31. The minimum absolute atomic E-state index is 0. The zero-order chi connectivity index (χ0) is 14.8. The summed E-state index contributed by atoms with van der Waals surface area (Å²) in [5, 5.41) is 1.24. The fraction of sp³-hybridized carbons (Fsp3) is 0.263. The molecule has 3 aromatic rings. The normalized spacial score (nSPS) is 12.8. The van der Waals surface area contributed by atoms with E-state index in [9.17, 15) is 0 Å². The van der Waals surface area contributed by atoms with Crippen LogP contribution in [0, 0.1) is 0 Å². The van der Waals surface area contributed by atoms with Gasteiger partial charge in [0, 0.05) is 30.4 Å². The summed E-state index contributed by atoms with van der Waals surface area (Å²) in [6.07, 6.45) is 5.71. The molecule has 4 rings (SSSR count). The Morgan fingerprint density at radius 2 is 1.46 bits per heavy atom. The number of benzene rings is 1. The van der Waals surface area contributed by atoms with E-state index in [0.29, 0.717) is 0 Å². The van der Waals surface area contributed by atoms with E-state index in [1.165, 1.54) is 30.3 Å². The van der Waals surface area contributed by atoms with Gasteiger partial charge in [-0.15, -0.1) is 34.0 Å². The molecular formula is C19H25Br2N3O2. The highest BCUT2D eigenvalue weighted by molar-refractivity contribution is 8.93. The van der Waals surface area contributed by atoms with Crippen LogP contribution in [-0.4, -0.2) is 34.0 Å². The summed E-state index contributed by atoms with van der Waals surface area (Å²) in [7, 11) is 0. The molecule has 0 amide bonds. The second kappa shape index (κ2) is 11.2. The van der Waals surface area contributed by atoms with Gasteiger partial charge >= 0.3 is 0 Å². The summed E-state index contributed by atoms with van der Waals surface area (Å²) in [4.78, 5) is 11.8. The first-order chi connectivity index (χ1) is 10.9. The van der Waals surface area contributed by atoms with Crippen LogP contribution in [0.5, 0.6) is 0 Å². The van der Waals surface area contributed by atoms with Crippen molar-refractivity contribution in [3.05, 3.63) is 54.7 Å². The maximum atomic E-state index is 4.81. The van der Waals surface area contributed by atoms with Gasteiger partial charge in [-0.05, 0) is 43.5 Å². The third kappa shape index (κ3) is 5.01. The van der Waals surface area contributed by atoms with Gasteiger partial charge in [-0.25, -0.2) is 4.98 Å². The quantitative estimate of drug-likeness (QED) is 0.551. The zero-order valence-corrected chi connectivity index (χ0v) is 17.8. The average Bonchev–Trinajstić information content (AvgIpc) is 2.62. The summed E-state index contributed by atoms with van der Waals surface area (Å²) in [6.45, 7) is 2.27. The lowest BCUT2D eigenvalue weighted by Gasteiger charge is -2.30. The van der Waals surface area contributed by atoms with E-state index < -0.39 is 0 Å². The van der Waals surface area contributed by atoms with Gasteiger partial charge in [-0.3, -0.25) is 4.98 Å². The summed E-state index contributed by atoms with van der Waals surface area (Å²) in [5.41, 5.74) is 4.24. The lowest BCUT2D eigenvalue weighted by atomic mass is 10.1. The first-order valence-corrected chi connectivity index (χ1v) is 7.98. The highest BCUT2D eigenvalue weighted by atomic mass is 79.9. The molecule has 4 N–H and O–H groups in total. The molecule has 1 aliphatic rings. The van der Waals surface area contributed by atoms with Crippen molar-refractivity contribution in [3.63, 3.8) is 0 Å². The third-order valence-corrected chi connectivity index (χ3v) is 4.32. The molecule has 7 heteroatoms. The molecule has 3 heterocycles. The molecule has 0 spiro atoms.